The maximum Gasteiger partial charge on any atom is 0.0499 e. The van der Waals surface area contributed by atoms with Crippen LogP contribution in [0.3, 0.4) is 0 Å². The lowest BCUT2D eigenvalue weighted by Gasteiger charge is -2.46. The molecular weight excluding hydrogens is 326 g/mol. The summed E-state index contributed by atoms with van der Waals surface area (Å²) in [7, 11) is 2.25. The number of nitrogens with two attached hydrogens (primary N) is 1. The summed E-state index contributed by atoms with van der Waals surface area (Å²) in [6.07, 6.45) is 5.21. The fourth-order valence-electron chi connectivity index (χ4n) is 4.25. The van der Waals surface area contributed by atoms with Crippen LogP contribution in [0, 0.1) is 0 Å². The van der Waals surface area contributed by atoms with Gasteiger partial charge in [0.05, 0.1) is 0 Å². The molecule has 2 atom stereocenters. The zero-order valence-electron chi connectivity index (χ0n) is 12.9. The normalized spacial score (nSPS) is 29.8. The summed E-state index contributed by atoms with van der Waals surface area (Å²) >= 11 is 3.67. The maximum atomic E-state index is 6.29. The van der Waals surface area contributed by atoms with Crippen LogP contribution in [-0.2, 0) is 6.54 Å². The van der Waals surface area contributed by atoms with Crippen LogP contribution in [0.2, 0.25) is 0 Å². The Morgan fingerprint density at radius 2 is 2.14 bits per heavy atom. The number of nitrogens with zero attached hydrogens (tertiary/aromatic N) is 2. The molecule has 0 aromatic heterocycles. The van der Waals surface area contributed by atoms with Crippen molar-refractivity contribution in [1.82, 2.24) is 9.80 Å². The lowest BCUT2D eigenvalue weighted by atomic mass is 9.84. The van der Waals surface area contributed by atoms with Gasteiger partial charge in [-0.3, -0.25) is 9.80 Å². The molecule has 0 spiro atoms. The fourth-order valence-corrected chi connectivity index (χ4v) is 4.66. The fraction of sp³-hybridized carbons (Fsp3) is 0.647. The van der Waals surface area contributed by atoms with Crippen LogP contribution in [0.25, 0.3) is 0 Å². The third kappa shape index (κ3) is 2.79. The zero-order chi connectivity index (χ0) is 14.9. The van der Waals surface area contributed by atoms with Crippen LogP contribution in [0.4, 0.5) is 0 Å². The third-order valence-corrected chi connectivity index (χ3v) is 6.32. The lowest BCUT2D eigenvalue weighted by Crippen LogP contribution is -2.60. The molecule has 2 heterocycles. The van der Waals surface area contributed by atoms with E-state index in [-0.39, 0.29) is 5.54 Å². The van der Waals surface area contributed by atoms with Crippen molar-refractivity contribution in [2.75, 3.05) is 26.7 Å². The van der Waals surface area contributed by atoms with Crippen LogP contribution < -0.4 is 5.73 Å². The number of hydrogen-bond donors (Lipinski definition) is 1. The number of benzene rings is 1. The number of rotatable bonds is 4. The predicted octanol–water partition coefficient (Wildman–Crippen LogP) is 2.84. The first kappa shape index (κ1) is 15.5. The van der Waals surface area contributed by atoms with Crippen molar-refractivity contribution in [3.8, 4) is 0 Å². The van der Waals surface area contributed by atoms with E-state index < -0.39 is 0 Å². The monoisotopic (exact) mass is 351 g/mol. The van der Waals surface area contributed by atoms with Gasteiger partial charge in [0.25, 0.3) is 0 Å². The molecule has 2 fully saturated rings. The number of fused-ring (bicyclic) bond motifs is 1. The van der Waals surface area contributed by atoms with Gasteiger partial charge in [-0.25, -0.2) is 0 Å². The molecule has 3 nitrogen and oxygen atoms in total. The summed E-state index contributed by atoms with van der Waals surface area (Å²) in [4.78, 5) is 5.19. The molecule has 0 bridgehead atoms. The minimum absolute atomic E-state index is 0.149. The van der Waals surface area contributed by atoms with E-state index in [0.717, 1.165) is 13.1 Å². The van der Waals surface area contributed by atoms with Crippen LogP contribution in [0.15, 0.2) is 28.7 Å². The Morgan fingerprint density at radius 3 is 2.90 bits per heavy atom. The van der Waals surface area contributed by atoms with Gasteiger partial charge in [0.2, 0.25) is 0 Å². The van der Waals surface area contributed by atoms with Crippen molar-refractivity contribution in [1.29, 1.82) is 0 Å². The Hall–Kier alpha value is -0.420. The highest BCUT2D eigenvalue weighted by atomic mass is 79.9. The number of likely N-dealkylation sites (N-methyl/N-ethyl adjacent to an activating group) is 1. The van der Waals surface area contributed by atoms with Crippen molar-refractivity contribution in [2.45, 2.75) is 43.8 Å². The Labute approximate surface area is 136 Å². The molecule has 21 heavy (non-hydrogen) atoms. The molecule has 0 radical (unpaired) electrons. The van der Waals surface area contributed by atoms with E-state index in [1.165, 1.54) is 48.8 Å². The highest BCUT2D eigenvalue weighted by molar-refractivity contribution is 9.10. The minimum Gasteiger partial charge on any atom is -0.329 e. The molecular formula is C17H26BrN3. The molecule has 0 aliphatic carbocycles. The van der Waals surface area contributed by atoms with Gasteiger partial charge in [0.15, 0.2) is 0 Å². The smallest absolute Gasteiger partial charge is 0.0499 e. The summed E-state index contributed by atoms with van der Waals surface area (Å²) in [5.41, 5.74) is 7.79. The van der Waals surface area contributed by atoms with Gasteiger partial charge in [0, 0.05) is 35.7 Å². The molecule has 1 aromatic carbocycles. The summed E-state index contributed by atoms with van der Waals surface area (Å²) in [5, 5.41) is 0. The van der Waals surface area contributed by atoms with E-state index in [1.54, 1.807) is 0 Å². The Bertz CT molecular complexity index is 493. The second-order valence-electron chi connectivity index (χ2n) is 6.55. The maximum absolute atomic E-state index is 6.29. The van der Waals surface area contributed by atoms with Gasteiger partial charge < -0.3 is 5.73 Å². The molecule has 3 rings (SSSR count). The van der Waals surface area contributed by atoms with Gasteiger partial charge in [-0.1, -0.05) is 40.5 Å². The molecule has 2 aliphatic rings. The van der Waals surface area contributed by atoms with Crippen LogP contribution >= 0.6 is 15.9 Å². The standard InChI is InChI=1S/C17H26BrN3/c1-20(12-14-6-2-3-7-15(14)18)17(13-19)9-11-21-10-5-4-8-16(17)21/h2-3,6-7,16H,4-5,8-13,19H2,1H3. The van der Waals surface area contributed by atoms with Crippen LogP contribution in [0.5, 0.6) is 0 Å². The van der Waals surface area contributed by atoms with E-state index in [9.17, 15) is 0 Å². The van der Waals surface area contributed by atoms with Gasteiger partial charge in [-0.2, -0.15) is 0 Å². The second kappa shape index (κ2) is 6.37. The summed E-state index contributed by atoms with van der Waals surface area (Å²) in [6, 6.07) is 9.16. The average molecular weight is 352 g/mol. The second-order valence-corrected chi connectivity index (χ2v) is 7.41. The van der Waals surface area contributed by atoms with E-state index in [1.807, 2.05) is 0 Å². The van der Waals surface area contributed by atoms with Crippen molar-refractivity contribution < 1.29 is 0 Å². The van der Waals surface area contributed by atoms with Crippen molar-refractivity contribution in [3.05, 3.63) is 34.3 Å². The summed E-state index contributed by atoms with van der Waals surface area (Å²) in [5.74, 6) is 0. The Balaban J connectivity index is 1.81. The topological polar surface area (TPSA) is 32.5 Å². The molecule has 2 aliphatic heterocycles. The first-order chi connectivity index (χ1) is 10.2. The Morgan fingerprint density at radius 1 is 1.33 bits per heavy atom. The molecule has 2 N–H and O–H groups in total. The van der Waals surface area contributed by atoms with Crippen molar-refractivity contribution >= 4 is 15.9 Å². The first-order valence-electron chi connectivity index (χ1n) is 8.06. The molecule has 2 unspecified atom stereocenters. The first-order valence-corrected chi connectivity index (χ1v) is 8.85. The highest BCUT2D eigenvalue weighted by Crippen LogP contribution is 2.39. The number of halogens is 1. The molecule has 0 saturated carbocycles. The van der Waals surface area contributed by atoms with Gasteiger partial charge in [-0.05, 0) is 44.5 Å². The Kier molecular flexibility index (Phi) is 4.69. The quantitative estimate of drug-likeness (QED) is 0.905. The summed E-state index contributed by atoms with van der Waals surface area (Å²) in [6.45, 7) is 4.19. The van der Waals surface area contributed by atoms with Crippen molar-refractivity contribution in [2.24, 2.45) is 5.73 Å². The third-order valence-electron chi connectivity index (χ3n) is 5.54. The van der Waals surface area contributed by atoms with Gasteiger partial charge >= 0.3 is 0 Å². The molecule has 2 saturated heterocycles. The molecule has 1 aromatic rings. The zero-order valence-corrected chi connectivity index (χ0v) is 14.5. The largest absolute Gasteiger partial charge is 0.329 e. The molecule has 0 amide bonds. The van der Waals surface area contributed by atoms with Crippen LogP contribution in [-0.4, -0.2) is 48.1 Å². The predicted molar refractivity (Wildman–Crippen MR) is 91.2 cm³/mol. The lowest BCUT2D eigenvalue weighted by molar-refractivity contribution is 0.0510. The van der Waals surface area contributed by atoms with Crippen LogP contribution in [0.1, 0.15) is 31.2 Å². The number of hydrogen-bond acceptors (Lipinski definition) is 3. The number of piperidine rings is 1. The molecule has 4 heteroatoms. The van der Waals surface area contributed by atoms with E-state index in [2.05, 4.69) is 57.0 Å². The SMILES string of the molecule is CN(Cc1ccccc1Br)C1(CN)CCN2CCCCC21. The molecule has 116 valence electrons. The van der Waals surface area contributed by atoms with Crippen molar-refractivity contribution in [3.63, 3.8) is 0 Å². The van der Waals surface area contributed by atoms with Gasteiger partial charge in [-0.15, -0.1) is 0 Å². The van der Waals surface area contributed by atoms with E-state index in [0.29, 0.717) is 6.04 Å². The van der Waals surface area contributed by atoms with E-state index in [4.69, 9.17) is 5.73 Å². The minimum atomic E-state index is 0.149. The van der Waals surface area contributed by atoms with E-state index >= 15 is 0 Å². The average Bonchev–Trinajstić information content (AvgIpc) is 2.90. The van der Waals surface area contributed by atoms with Gasteiger partial charge in [0.1, 0.15) is 0 Å². The summed E-state index contributed by atoms with van der Waals surface area (Å²) < 4.78 is 1.20. The highest BCUT2D eigenvalue weighted by Gasteiger charge is 2.49.